The van der Waals surface area contributed by atoms with Gasteiger partial charge >= 0.3 is 0 Å². The van der Waals surface area contributed by atoms with Crippen molar-refractivity contribution in [2.75, 3.05) is 20.8 Å². The molecule has 5 nitrogen and oxygen atoms in total. The number of ether oxygens (including phenoxy) is 2. The molecule has 1 aliphatic heterocycles. The lowest BCUT2D eigenvalue weighted by molar-refractivity contribution is 0.351. The van der Waals surface area contributed by atoms with E-state index in [9.17, 15) is 8.42 Å². The molecule has 7 heteroatoms. The summed E-state index contributed by atoms with van der Waals surface area (Å²) in [6, 6.07) is 12.4. The molecule has 2 aromatic carbocycles. The number of sulfonamides is 1. The van der Waals surface area contributed by atoms with Gasteiger partial charge in [0.25, 0.3) is 0 Å². The van der Waals surface area contributed by atoms with E-state index in [1.54, 1.807) is 54.9 Å². The minimum Gasteiger partial charge on any atom is -0.493 e. The summed E-state index contributed by atoms with van der Waals surface area (Å²) >= 11 is 5.87. The van der Waals surface area contributed by atoms with Gasteiger partial charge < -0.3 is 9.47 Å². The van der Waals surface area contributed by atoms with Crippen molar-refractivity contribution in [1.29, 1.82) is 0 Å². The summed E-state index contributed by atoms with van der Waals surface area (Å²) in [4.78, 5) is 0. The highest BCUT2D eigenvalue weighted by Crippen LogP contribution is 2.38. The summed E-state index contributed by atoms with van der Waals surface area (Å²) in [5, 5.41) is 1.87. The van der Waals surface area contributed by atoms with E-state index in [2.05, 4.69) is 0 Å². The van der Waals surface area contributed by atoms with Crippen LogP contribution < -0.4 is 9.47 Å². The van der Waals surface area contributed by atoms with Gasteiger partial charge in [0.1, 0.15) is 0 Å². The molecule has 2 aromatic rings. The van der Waals surface area contributed by atoms with Crippen LogP contribution in [0.15, 0.2) is 47.9 Å². The maximum Gasteiger partial charge on any atom is 0.236 e. The first kappa shape index (κ1) is 19.7. The molecule has 27 heavy (non-hydrogen) atoms. The molecule has 1 atom stereocenters. The molecule has 1 fully saturated rings. The monoisotopic (exact) mass is 407 g/mol. The van der Waals surface area contributed by atoms with E-state index in [-0.39, 0.29) is 6.04 Å². The summed E-state index contributed by atoms with van der Waals surface area (Å²) in [5.74, 6) is 1.22. The second-order valence-corrected chi connectivity index (χ2v) is 8.49. The lowest BCUT2D eigenvalue weighted by atomic mass is 10.0. The van der Waals surface area contributed by atoms with E-state index in [1.165, 1.54) is 5.41 Å². The van der Waals surface area contributed by atoms with Gasteiger partial charge in [0, 0.05) is 17.0 Å². The van der Waals surface area contributed by atoms with Crippen LogP contribution in [-0.4, -0.2) is 33.5 Å². The van der Waals surface area contributed by atoms with E-state index < -0.39 is 10.0 Å². The van der Waals surface area contributed by atoms with Crippen LogP contribution in [0.25, 0.3) is 6.08 Å². The molecule has 144 valence electrons. The first-order chi connectivity index (χ1) is 12.9. The maximum absolute atomic E-state index is 12.9. The summed E-state index contributed by atoms with van der Waals surface area (Å²) < 4.78 is 37.9. The molecule has 0 N–H and O–H groups in total. The van der Waals surface area contributed by atoms with Crippen LogP contribution >= 0.6 is 11.6 Å². The third-order valence-electron chi connectivity index (χ3n) is 4.63. The first-order valence-corrected chi connectivity index (χ1v) is 10.5. The van der Waals surface area contributed by atoms with Crippen LogP contribution in [0.1, 0.15) is 30.0 Å². The maximum atomic E-state index is 12.9. The number of methoxy groups -OCH3 is 2. The molecule has 1 unspecified atom stereocenters. The summed E-state index contributed by atoms with van der Waals surface area (Å²) in [5.41, 5.74) is 1.68. The predicted octanol–water partition coefficient (Wildman–Crippen LogP) is 4.49. The molecule has 0 bridgehead atoms. The molecule has 0 saturated carbocycles. The van der Waals surface area contributed by atoms with Gasteiger partial charge in [-0.15, -0.1) is 0 Å². The van der Waals surface area contributed by atoms with Crippen LogP contribution in [0, 0.1) is 0 Å². The Kier molecular flexibility index (Phi) is 6.09. The number of nitrogens with zero attached hydrogens (tertiary/aromatic N) is 1. The normalized spacial score (nSPS) is 18.1. The van der Waals surface area contributed by atoms with E-state index in [1.807, 2.05) is 12.1 Å². The lowest BCUT2D eigenvalue weighted by Gasteiger charge is -2.23. The van der Waals surface area contributed by atoms with E-state index in [4.69, 9.17) is 21.1 Å². The standard InChI is InChI=1S/C20H22ClNO4S/c1-25-19-10-7-16(14-20(19)26-2)18-4-3-12-22(18)27(23,24)13-11-15-5-8-17(21)9-6-15/h5-11,13-14,18H,3-4,12H2,1-2H3/b13-11+. The SMILES string of the molecule is COc1ccc(C2CCCN2S(=O)(=O)/C=C/c2ccc(Cl)cc2)cc1OC. The molecule has 3 rings (SSSR count). The van der Waals surface area contributed by atoms with Crippen LogP contribution in [0.2, 0.25) is 5.02 Å². The van der Waals surface area contributed by atoms with Gasteiger partial charge in [-0.05, 0) is 54.3 Å². The van der Waals surface area contributed by atoms with E-state index in [0.717, 1.165) is 24.0 Å². The molecule has 0 aromatic heterocycles. The smallest absolute Gasteiger partial charge is 0.236 e. The van der Waals surface area contributed by atoms with Crippen molar-refractivity contribution >= 4 is 27.7 Å². The third kappa shape index (κ3) is 4.46. The van der Waals surface area contributed by atoms with Crippen molar-refractivity contribution in [3.8, 4) is 11.5 Å². The van der Waals surface area contributed by atoms with E-state index >= 15 is 0 Å². The Morgan fingerprint density at radius 1 is 1.07 bits per heavy atom. The Labute approximate surface area is 165 Å². The lowest BCUT2D eigenvalue weighted by Crippen LogP contribution is -2.28. The Morgan fingerprint density at radius 3 is 2.44 bits per heavy atom. The topological polar surface area (TPSA) is 55.8 Å². The van der Waals surface area contributed by atoms with Gasteiger partial charge in [-0.2, -0.15) is 4.31 Å². The average Bonchev–Trinajstić information content (AvgIpc) is 3.18. The Balaban J connectivity index is 1.85. The Morgan fingerprint density at radius 2 is 1.78 bits per heavy atom. The van der Waals surface area contributed by atoms with Crippen molar-refractivity contribution in [1.82, 2.24) is 4.31 Å². The quantitative estimate of drug-likeness (QED) is 0.707. The van der Waals surface area contributed by atoms with Gasteiger partial charge in [-0.3, -0.25) is 0 Å². The molecule has 0 radical (unpaired) electrons. The zero-order chi connectivity index (χ0) is 19.4. The second kappa shape index (κ2) is 8.33. The average molecular weight is 408 g/mol. The number of halogens is 1. The molecular weight excluding hydrogens is 386 g/mol. The highest BCUT2D eigenvalue weighted by Gasteiger charge is 2.34. The van der Waals surface area contributed by atoms with Crippen LogP contribution in [-0.2, 0) is 10.0 Å². The summed E-state index contributed by atoms with van der Waals surface area (Å²) in [6.45, 7) is 0.492. The van der Waals surface area contributed by atoms with Gasteiger partial charge in [0.15, 0.2) is 11.5 Å². The van der Waals surface area contributed by atoms with Crippen LogP contribution in [0.3, 0.4) is 0 Å². The minimum absolute atomic E-state index is 0.218. The van der Waals surface area contributed by atoms with E-state index in [0.29, 0.717) is 23.1 Å². The highest BCUT2D eigenvalue weighted by atomic mass is 35.5. The number of benzene rings is 2. The highest BCUT2D eigenvalue weighted by molar-refractivity contribution is 7.92. The van der Waals surface area contributed by atoms with Crippen molar-refractivity contribution in [3.05, 3.63) is 64.0 Å². The third-order valence-corrected chi connectivity index (χ3v) is 6.45. The molecule has 1 aliphatic rings. The van der Waals surface area contributed by atoms with Crippen LogP contribution in [0.5, 0.6) is 11.5 Å². The molecule has 1 heterocycles. The number of rotatable bonds is 6. The second-order valence-electron chi connectivity index (χ2n) is 6.28. The minimum atomic E-state index is -3.55. The molecule has 0 aliphatic carbocycles. The molecule has 0 spiro atoms. The van der Waals surface area contributed by atoms with Gasteiger partial charge in [0.2, 0.25) is 10.0 Å². The number of hydrogen-bond acceptors (Lipinski definition) is 4. The first-order valence-electron chi connectivity index (χ1n) is 8.62. The molecule has 1 saturated heterocycles. The Hall–Kier alpha value is -2.02. The largest absolute Gasteiger partial charge is 0.493 e. The summed E-state index contributed by atoms with van der Waals surface area (Å²) in [7, 11) is -0.409. The fourth-order valence-electron chi connectivity index (χ4n) is 3.25. The van der Waals surface area contributed by atoms with Gasteiger partial charge in [-0.1, -0.05) is 29.8 Å². The zero-order valence-electron chi connectivity index (χ0n) is 15.3. The van der Waals surface area contributed by atoms with Crippen molar-refractivity contribution < 1.29 is 17.9 Å². The zero-order valence-corrected chi connectivity index (χ0v) is 16.8. The van der Waals surface area contributed by atoms with Crippen molar-refractivity contribution in [2.24, 2.45) is 0 Å². The Bertz CT molecular complexity index is 925. The molecular formula is C20H22ClNO4S. The van der Waals surface area contributed by atoms with Gasteiger partial charge in [-0.25, -0.2) is 8.42 Å². The van der Waals surface area contributed by atoms with Gasteiger partial charge in [0.05, 0.1) is 20.3 Å². The fourth-order valence-corrected chi connectivity index (χ4v) is 4.83. The fraction of sp³-hybridized carbons (Fsp3) is 0.300. The van der Waals surface area contributed by atoms with Crippen LogP contribution in [0.4, 0.5) is 0 Å². The molecule has 0 amide bonds. The summed E-state index contributed by atoms with van der Waals surface area (Å²) in [6.07, 6.45) is 3.17. The number of hydrogen-bond donors (Lipinski definition) is 0. The van der Waals surface area contributed by atoms with Crippen molar-refractivity contribution in [2.45, 2.75) is 18.9 Å². The van der Waals surface area contributed by atoms with Crippen molar-refractivity contribution in [3.63, 3.8) is 0 Å². The predicted molar refractivity (Wildman–Crippen MR) is 108 cm³/mol.